The minimum Gasteiger partial charge on any atom is -0.314 e. The van der Waals surface area contributed by atoms with Crippen LogP contribution in [-0.2, 0) is 0 Å². The van der Waals surface area contributed by atoms with E-state index < -0.39 is 0 Å². The van der Waals surface area contributed by atoms with E-state index in [1.165, 1.54) is 24.8 Å². The van der Waals surface area contributed by atoms with Crippen molar-refractivity contribution >= 4 is 12.0 Å². The molecule has 0 spiro atoms. The molecule has 1 saturated carbocycles. The van der Waals surface area contributed by atoms with Gasteiger partial charge in [-0.3, -0.25) is 5.32 Å². The largest absolute Gasteiger partial charge is 0.325 e. The molecule has 90 valence electrons. The van der Waals surface area contributed by atoms with E-state index in [0.29, 0.717) is 5.95 Å². The number of hydrogen-bond donors (Lipinski definition) is 2. The zero-order valence-corrected chi connectivity index (χ0v) is 9.65. The summed E-state index contributed by atoms with van der Waals surface area (Å²) in [4.78, 5) is 19.3. The summed E-state index contributed by atoms with van der Waals surface area (Å²) >= 11 is 0. The maximum atomic E-state index is 11.5. The SMILES string of the molecule is O=C(NC=C1CCCCC1)Nc1ncccn1. The molecule has 5 nitrogen and oxygen atoms in total. The van der Waals surface area contributed by atoms with Crippen LogP contribution in [0.4, 0.5) is 10.7 Å². The second-order valence-corrected chi connectivity index (χ2v) is 4.03. The van der Waals surface area contributed by atoms with Crippen LogP contribution in [0.5, 0.6) is 0 Å². The summed E-state index contributed by atoms with van der Waals surface area (Å²) in [6.07, 6.45) is 10.9. The van der Waals surface area contributed by atoms with Crippen molar-refractivity contribution in [1.29, 1.82) is 0 Å². The van der Waals surface area contributed by atoms with Crippen molar-refractivity contribution in [3.63, 3.8) is 0 Å². The number of carbonyl (C=O) groups excluding carboxylic acids is 1. The summed E-state index contributed by atoms with van der Waals surface area (Å²) in [6, 6.07) is 1.40. The number of carbonyl (C=O) groups is 1. The first-order valence-electron chi connectivity index (χ1n) is 5.87. The Hall–Kier alpha value is -1.91. The smallest absolute Gasteiger partial charge is 0.314 e. The molecule has 0 atom stereocenters. The van der Waals surface area contributed by atoms with Crippen LogP contribution in [-0.4, -0.2) is 16.0 Å². The highest BCUT2D eigenvalue weighted by Gasteiger charge is 2.06. The van der Waals surface area contributed by atoms with Crippen LogP contribution in [0, 0.1) is 0 Å². The van der Waals surface area contributed by atoms with Gasteiger partial charge in [0.25, 0.3) is 0 Å². The second kappa shape index (κ2) is 5.98. The summed E-state index contributed by atoms with van der Waals surface area (Å²) in [5, 5.41) is 5.27. The lowest BCUT2D eigenvalue weighted by molar-refractivity contribution is 0.254. The molecule has 1 aliphatic rings. The number of urea groups is 1. The van der Waals surface area contributed by atoms with Gasteiger partial charge in [-0.15, -0.1) is 0 Å². The fourth-order valence-electron chi connectivity index (χ4n) is 1.82. The van der Waals surface area contributed by atoms with E-state index in [2.05, 4.69) is 20.6 Å². The number of nitrogens with one attached hydrogen (secondary N) is 2. The van der Waals surface area contributed by atoms with Crippen LogP contribution in [0.15, 0.2) is 30.2 Å². The van der Waals surface area contributed by atoms with E-state index in [0.717, 1.165) is 12.8 Å². The van der Waals surface area contributed by atoms with Crippen LogP contribution < -0.4 is 10.6 Å². The number of amides is 2. The molecule has 1 aromatic rings. The van der Waals surface area contributed by atoms with Crippen LogP contribution in [0.2, 0.25) is 0 Å². The van der Waals surface area contributed by atoms with Gasteiger partial charge in [0.1, 0.15) is 0 Å². The number of nitrogens with zero attached hydrogens (tertiary/aromatic N) is 2. The highest BCUT2D eigenvalue weighted by atomic mass is 16.2. The quantitative estimate of drug-likeness (QED) is 0.823. The maximum Gasteiger partial charge on any atom is 0.325 e. The molecule has 17 heavy (non-hydrogen) atoms. The Labute approximate surface area is 100 Å². The fraction of sp³-hybridized carbons (Fsp3) is 0.417. The van der Waals surface area contributed by atoms with Crippen LogP contribution in [0.25, 0.3) is 0 Å². The average molecular weight is 232 g/mol. The van der Waals surface area contributed by atoms with Gasteiger partial charge >= 0.3 is 6.03 Å². The van der Waals surface area contributed by atoms with Gasteiger partial charge in [0, 0.05) is 18.6 Å². The van der Waals surface area contributed by atoms with Crippen molar-refractivity contribution < 1.29 is 4.79 Å². The lowest BCUT2D eigenvalue weighted by Gasteiger charge is -2.13. The number of aromatic nitrogens is 2. The normalized spacial score (nSPS) is 15.2. The topological polar surface area (TPSA) is 66.9 Å². The molecule has 1 aromatic heterocycles. The summed E-state index contributed by atoms with van der Waals surface area (Å²) in [6.45, 7) is 0. The van der Waals surface area contributed by atoms with E-state index in [1.807, 2.05) is 0 Å². The first kappa shape index (κ1) is 11.6. The molecular formula is C12H16N4O. The molecule has 2 rings (SSSR count). The molecule has 1 fully saturated rings. The molecular weight excluding hydrogens is 216 g/mol. The third-order valence-electron chi connectivity index (χ3n) is 2.69. The predicted octanol–water partition coefficient (Wildman–Crippen LogP) is 2.45. The molecule has 5 heteroatoms. The van der Waals surface area contributed by atoms with Crippen molar-refractivity contribution in [3.05, 3.63) is 30.2 Å². The second-order valence-electron chi connectivity index (χ2n) is 4.03. The van der Waals surface area contributed by atoms with E-state index >= 15 is 0 Å². The Bertz CT molecular complexity index is 394. The van der Waals surface area contributed by atoms with Gasteiger partial charge in [0.2, 0.25) is 5.95 Å². The van der Waals surface area contributed by atoms with Gasteiger partial charge in [-0.2, -0.15) is 0 Å². The molecule has 0 radical (unpaired) electrons. The van der Waals surface area contributed by atoms with Gasteiger partial charge in [-0.25, -0.2) is 14.8 Å². The van der Waals surface area contributed by atoms with Gasteiger partial charge < -0.3 is 5.32 Å². The summed E-state index contributed by atoms with van der Waals surface area (Å²) in [5.41, 5.74) is 1.31. The van der Waals surface area contributed by atoms with Gasteiger partial charge in [-0.05, 0) is 31.7 Å². The van der Waals surface area contributed by atoms with E-state index in [-0.39, 0.29) is 6.03 Å². The van der Waals surface area contributed by atoms with Crippen LogP contribution in [0.1, 0.15) is 32.1 Å². The van der Waals surface area contributed by atoms with Crippen molar-refractivity contribution in [2.24, 2.45) is 0 Å². The first-order valence-corrected chi connectivity index (χ1v) is 5.87. The minimum atomic E-state index is -0.297. The summed E-state index contributed by atoms with van der Waals surface area (Å²) < 4.78 is 0. The highest BCUT2D eigenvalue weighted by molar-refractivity contribution is 5.87. The van der Waals surface area contributed by atoms with Crippen LogP contribution >= 0.6 is 0 Å². The van der Waals surface area contributed by atoms with E-state index in [4.69, 9.17) is 0 Å². The Morgan fingerprint density at radius 3 is 2.59 bits per heavy atom. The fourth-order valence-corrected chi connectivity index (χ4v) is 1.82. The Morgan fingerprint density at radius 1 is 1.18 bits per heavy atom. The number of anilines is 1. The zero-order chi connectivity index (χ0) is 11.9. The molecule has 0 aromatic carbocycles. The van der Waals surface area contributed by atoms with E-state index in [1.54, 1.807) is 24.7 Å². The standard InChI is InChI=1S/C12H16N4O/c17-12(16-11-13-7-4-8-14-11)15-9-10-5-2-1-3-6-10/h4,7-9H,1-3,5-6H2,(H2,13,14,15,16,17). The first-order chi connectivity index (χ1) is 8.34. The number of rotatable bonds is 2. The lowest BCUT2D eigenvalue weighted by atomic mass is 9.96. The molecule has 1 aliphatic carbocycles. The van der Waals surface area contributed by atoms with Gasteiger partial charge in [0.05, 0.1) is 0 Å². The minimum absolute atomic E-state index is 0.297. The molecule has 2 N–H and O–H groups in total. The third kappa shape index (κ3) is 3.86. The van der Waals surface area contributed by atoms with Crippen LogP contribution in [0.3, 0.4) is 0 Å². The predicted molar refractivity (Wildman–Crippen MR) is 65.4 cm³/mol. The maximum absolute atomic E-state index is 11.5. The third-order valence-corrected chi connectivity index (χ3v) is 2.69. The number of hydrogen-bond acceptors (Lipinski definition) is 3. The molecule has 2 amide bonds. The summed E-state index contributed by atoms with van der Waals surface area (Å²) in [7, 11) is 0. The van der Waals surface area contributed by atoms with Crippen molar-refractivity contribution in [1.82, 2.24) is 15.3 Å². The van der Waals surface area contributed by atoms with Gasteiger partial charge in [-0.1, -0.05) is 12.0 Å². The van der Waals surface area contributed by atoms with Gasteiger partial charge in [0.15, 0.2) is 0 Å². The summed E-state index contributed by atoms with van der Waals surface area (Å²) in [5.74, 6) is 0.312. The van der Waals surface area contributed by atoms with E-state index in [9.17, 15) is 4.79 Å². The molecule has 0 bridgehead atoms. The Morgan fingerprint density at radius 2 is 1.88 bits per heavy atom. The van der Waals surface area contributed by atoms with Crippen molar-refractivity contribution in [3.8, 4) is 0 Å². The van der Waals surface area contributed by atoms with Crippen molar-refractivity contribution in [2.45, 2.75) is 32.1 Å². The highest BCUT2D eigenvalue weighted by Crippen LogP contribution is 2.21. The zero-order valence-electron chi connectivity index (χ0n) is 9.65. The lowest BCUT2D eigenvalue weighted by Crippen LogP contribution is -2.25. The Kier molecular flexibility index (Phi) is 4.07. The molecule has 0 aliphatic heterocycles. The molecule has 0 saturated heterocycles. The monoisotopic (exact) mass is 232 g/mol. The number of allylic oxidation sites excluding steroid dienone is 1. The molecule has 1 heterocycles. The molecule has 0 unspecified atom stereocenters. The Balaban J connectivity index is 1.81. The average Bonchev–Trinajstić information content (AvgIpc) is 2.39. The van der Waals surface area contributed by atoms with Crippen molar-refractivity contribution in [2.75, 3.05) is 5.32 Å².